The third-order valence-corrected chi connectivity index (χ3v) is 6.07. The summed E-state index contributed by atoms with van der Waals surface area (Å²) in [4.78, 5) is 26.6. The smallest absolute Gasteiger partial charge is 0.249 e. The summed E-state index contributed by atoms with van der Waals surface area (Å²) in [6.45, 7) is 3.19. The summed E-state index contributed by atoms with van der Waals surface area (Å²) in [6.07, 6.45) is 5.23. The van der Waals surface area contributed by atoms with Gasteiger partial charge in [0.2, 0.25) is 11.8 Å². The molecule has 0 fully saturated rings. The monoisotopic (exact) mass is 467 g/mol. The fraction of sp³-hybridized carbons (Fsp3) is 0.231. The number of nitrogens with one attached hydrogen (secondary N) is 3. The Labute approximate surface area is 196 Å². The Balaban J connectivity index is 1.70. The van der Waals surface area contributed by atoms with Gasteiger partial charge in [0.15, 0.2) is 5.95 Å². The lowest BCUT2D eigenvalue weighted by molar-refractivity contribution is -0.127. The van der Waals surface area contributed by atoms with Crippen LogP contribution < -0.4 is 16.0 Å². The largest absolute Gasteiger partial charge is 0.349 e. The minimum atomic E-state index is -0.975. The molecule has 2 heterocycles. The Morgan fingerprint density at radius 2 is 1.91 bits per heavy atom. The SMILES string of the molecule is CC1=C([C@@H](Cc2ccccc2)C(=O)N[C@@H](C)C2=C(F)C=C(F)C[CH]2)C(=O)N[C]2C=CNC(F)=C21. The zero-order chi connectivity index (χ0) is 24.4. The lowest BCUT2D eigenvalue weighted by Gasteiger charge is -2.32. The van der Waals surface area contributed by atoms with Crippen LogP contribution >= 0.6 is 0 Å². The molecule has 4 rings (SSSR count). The van der Waals surface area contributed by atoms with Crippen LogP contribution in [0, 0.1) is 18.4 Å². The zero-order valence-corrected chi connectivity index (χ0v) is 18.7. The summed E-state index contributed by atoms with van der Waals surface area (Å²) < 4.78 is 42.3. The Morgan fingerprint density at radius 1 is 1.18 bits per heavy atom. The first-order valence-corrected chi connectivity index (χ1v) is 10.9. The molecular weight excluding hydrogens is 443 g/mol. The molecule has 34 heavy (non-hydrogen) atoms. The molecule has 176 valence electrons. The summed E-state index contributed by atoms with van der Waals surface area (Å²) in [6, 6.07) is 8.67. The molecule has 1 aromatic rings. The second kappa shape index (κ2) is 9.75. The standard InChI is InChI=1S/C26H24F3N3O2/c1-14-22(26(34)32-21-10-11-30-24(29)23(14)21)19(12-16-6-4-3-5-7-16)25(33)31-15(2)18-9-8-17(27)13-20(18)28/h3-7,9-11,13,15,19,30H,8,12H2,1-2H3,(H,31,33)(H,32,34)/t15-,19+/m0/s1. The van der Waals surface area contributed by atoms with Gasteiger partial charge in [-0.1, -0.05) is 30.3 Å². The average molecular weight is 467 g/mol. The number of rotatable bonds is 6. The molecule has 2 amide bonds. The van der Waals surface area contributed by atoms with Crippen LogP contribution in [-0.2, 0) is 16.0 Å². The molecule has 5 nitrogen and oxygen atoms in total. The number of amides is 2. The van der Waals surface area contributed by atoms with E-state index in [1.165, 1.54) is 12.6 Å². The summed E-state index contributed by atoms with van der Waals surface area (Å²) >= 11 is 0. The molecule has 0 saturated carbocycles. The molecule has 2 radical (unpaired) electrons. The Bertz CT molecular complexity index is 1160. The number of hydrogen-bond acceptors (Lipinski definition) is 3. The summed E-state index contributed by atoms with van der Waals surface area (Å²) in [5, 5.41) is 7.91. The van der Waals surface area contributed by atoms with Crippen LogP contribution in [0.5, 0.6) is 0 Å². The predicted molar refractivity (Wildman–Crippen MR) is 122 cm³/mol. The van der Waals surface area contributed by atoms with Crippen molar-refractivity contribution in [1.82, 2.24) is 16.0 Å². The highest BCUT2D eigenvalue weighted by molar-refractivity contribution is 6.04. The van der Waals surface area contributed by atoms with Gasteiger partial charge in [0.25, 0.3) is 0 Å². The highest BCUT2D eigenvalue weighted by Gasteiger charge is 2.39. The van der Waals surface area contributed by atoms with Crippen molar-refractivity contribution in [2.24, 2.45) is 5.92 Å². The van der Waals surface area contributed by atoms with Gasteiger partial charge >= 0.3 is 0 Å². The fourth-order valence-electron chi connectivity index (χ4n) is 4.39. The van der Waals surface area contributed by atoms with E-state index in [0.717, 1.165) is 11.6 Å². The minimum absolute atomic E-state index is 0.0599. The highest BCUT2D eigenvalue weighted by atomic mass is 19.1. The van der Waals surface area contributed by atoms with Gasteiger partial charge < -0.3 is 16.0 Å². The van der Waals surface area contributed by atoms with Gasteiger partial charge in [-0.25, -0.2) is 8.78 Å². The maximum atomic E-state index is 14.6. The van der Waals surface area contributed by atoms with Crippen molar-refractivity contribution in [1.29, 1.82) is 0 Å². The van der Waals surface area contributed by atoms with E-state index in [-0.39, 0.29) is 29.6 Å². The van der Waals surface area contributed by atoms with Gasteiger partial charge in [-0.05, 0) is 49.5 Å². The van der Waals surface area contributed by atoms with E-state index in [9.17, 15) is 22.8 Å². The van der Waals surface area contributed by atoms with Crippen LogP contribution in [0.15, 0.2) is 88.6 Å². The van der Waals surface area contributed by atoms with Crippen LogP contribution in [-0.4, -0.2) is 17.9 Å². The number of allylic oxidation sites excluding steroid dienone is 3. The second-order valence-corrected chi connectivity index (χ2v) is 8.35. The summed E-state index contributed by atoms with van der Waals surface area (Å²) in [7, 11) is 0. The van der Waals surface area contributed by atoms with Crippen LogP contribution in [0.2, 0.25) is 0 Å². The van der Waals surface area contributed by atoms with Crippen molar-refractivity contribution < 1.29 is 22.8 Å². The minimum Gasteiger partial charge on any atom is -0.349 e. The lowest BCUT2D eigenvalue weighted by atomic mass is 9.80. The molecule has 8 heteroatoms. The molecule has 0 saturated heterocycles. The van der Waals surface area contributed by atoms with E-state index >= 15 is 0 Å². The van der Waals surface area contributed by atoms with Crippen molar-refractivity contribution in [2.45, 2.75) is 32.7 Å². The number of benzene rings is 1. The molecule has 0 unspecified atom stereocenters. The van der Waals surface area contributed by atoms with Gasteiger partial charge in [0, 0.05) is 29.8 Å². The van der Waals surface area contributed by atoms with Crippen molar-refractivity contribution in [2.75, 3.05) is 0 Å². The van der Waals surface area contributed by atoms with Crippen molar-refractivity contribution >= 4 is 11.8 Å². The van der Waals surface area contributed by atoms with E-state index in [2.05, 4.69) is 16.0 Å². The van der Waals surface area contributed by atoms with Gasteiger partial charge in [-0.2, -0.15) is 4.39 Å². The Kier molecular flexibility index (Phi) is 6.77. The maximum absolute atomic E-state index is 14.6. The zero-order valence-electron chi connectivity index (χ0n) is 18.7. The topological polar surface area (TPSA) is 70.2 Å². The summed E-state index contributed by atoms with van der Waals surface area (Å²) in [5.74, 6) is -3.98. The highest BCUT2D eigenvalue weighted by Crippen LogP contribution is 2.37. The molecule has 0 bridgehead atoms. The van der Waals surface area contributed by atoms with E-state index in [1.54, 1.807) is 19.9 Å². The van der Waals surface area contributed by atoms with Crippen LogP contribution in [0.1, 0.15) is 25.8 Å². The number of carbonyl (C=O) groups excluding carboxylic acids is 2. The Hall–Kier alpha value is -3.55. The molecular formula is C26H24F3N3O2. The van der Waals surface area contributed by atoms with E-state index in [1.807, 2.05) is 30.3 Å². The van der Waals surface area contributed by atoms with Crippen molar-refractivity contribution in [3.8, 4) is 0 Å². The molecule has 2 atom stereocenters. The third kappa shape index (κ3) is 4.71. The molecule has 0 spiro atoms. The lowest BCUT2D eigenvalue weighted by Crippen LogP contribution is -2.46. The van der Waals surface area contributed by atoms with Gasteiger partial charge in [0.1, 0.15) is 17.7 Å². The van der Waals surface area contributed by atoms with Crippen LogP contribution in [0.25, 0.3) is 0 Å². The van der Waals surface area contributed by atoms with Crippen molar-refractivity contribution in [3.05, 3.63) is 107 Å². The first-order valence-electron chi connectivity index (χ1n) is 10.9. The summed E-state index contributed by atoms with van der Waals surface area (Å²) in [5.41, 5.74) is 1.63. The third-order valence-electron chi connectivity index (χ3n) is 6.07. The molecule has 1 aliphatic carbocycles. The van der Waals surface area contributed by atoms with E-state index < -0.39 is 41.4 Å². The number of carbonyl (C=O) groups is 2. The van der Waals surface area contributed by atoms with Gasteiger partial charge in [-0.3, -0.25) is 9.59 Å². The van der Waals surface area contributed by atoms with Gasteiger partial charge in [-0.15, -0.1) is 0 Å². The number of hydrogen-bond donors (Lipinski definition) is 3. The van der Waals surface area contributed by atoms with Crippen LogP contribution in [0.3, 0.4) is 0 Å². The van der Waals surface area contributed by atoms with Crippen molar-refractivity contribution in [3.63, 3.8) is 0 Å². The average Bonchev–Trinajstić information content (AvgIpc) is 2.78. The molecule has 2 aliphatic heterocycles. The molecule has 0 aromatic heterocycles. The Morgan fingerprint density at radius 3 is 2.62 bits per heavy atom. The maximum Gasteiger partial charge on any atom is 0.249 e. The van der Waals surface area contributed by atoms with Crippen LogP contribution in [0.4, 0.5) is 13.2 Å². The molecule has 1 aromatic carbocycles. The molecule has 3 aliphatic rings. The number of fused-ring (bicyclic) bond motifs is 1. The second-order valence-electron chi connectivity index (χ2n) is 8.35. The molecule has 3 N–H and O–H groups in total. The predicted octanol–water partition coefficient (Wildman–Crippen LogP) is 4.31. The van der Waals surface area contributed by atoms with E-state index in [4.69, 9.17) is 0 Å². The number of halogens is 3. The fourth-order valence-corrected chi connectivity index (χ4v) is 4.39. The quantitative estimate of drug-likeness (QED) is 0.546. The van der Waals surface area contributed by atoms with E-state index in [0.29, 0.717) is 11.6 Å². The normalized spacial score (nSPS) is 20.4. The van der Waals surface area contributed by atoms with Gasteiger partial charge in [0.05, 0.1) is 12.0 Å². The number of dihydropyridines is 1. The first-order chi connectivity index (χ1) is 16.3. The first kappa shape index (κ1) is 23.6.